The van der Waals surface area contributed by atoms with Gasteiger partial charge in [0.25, 0.3) is 0 Å². The lowest BCUT2D eigenvalue weighted by atomic mass is 10.1. The standard InChI is InChI=1S/C5H11FN2.ClH/c6-4-3-8-2-1-5(4)7;/h4-5,8H,1-3,7H2;1H/t4-,5-;/m0./s1. The molecule has 2 nitrogen and oxygen atoms in total. The molecule has 0 aliphatic carbocycles. The second kappa shape index (κ2) is 4.04. The van der Waals surface area contributed by atoms with Crippen molar-refractivity contribution in [1.29, 1.82) is 0 Å². The van der Waals surface area contributed by atoms with Crippen LogP contribution < -0.4 is 11.1 Å². The van der Waals surface area contributed by atoms with Gasteiger partial charge in [-0.15, -0.1) is 12.4 Å². The molecular weight excluding hydrogens is 143 g/mol. The van der Waals surface area contributed by atoms with Crippen LogP contribution in [-0.2, 0) is 0 Å². The van der Waals surface area contributed by atoms with E-state index >= 15 is 0 Å². The Morgan fingerprint density at radius 1 is 1.56 bits per heavy atom. The molecule has 1 aliphatic heterocycles. The normalized spacial score (nSPS) is 35.3. The monoisotopic (exact) mass is 154 g/mol. The van der Waals surface area contributed by atoms with Crippen molar-refractivity contribution in [3.63, 3.8) is 0 Å². The van der Waals surface area contributed by atoms with Crippen LogP contribution in [0.1, 0.15) is 6.42 Å². The summed E-state index contributed by atoms with van der Waals surface area (Å²) < 4.78 is 12.4. The van der Waals surface area contributed by atoms with Gasteiger partial charge in [-0.2, -0.15) is 0 Å². The smallest absolute Gasteiger partial charge is 0.128 e. The van der Waals surface area contributed by atoms with Crippen molar-refractivity contribution in [2.45, 2.75) is 18.6 Å². The molecule has 1 rings (SSSR count). The van der Waals surface area contributed by atoms with E-state index in [9.17, 15) is 4.39 Å². The molecule has 0 aromatic carbocycles. The Kier molecular flexibility index (Phi) is 4.10. The van der Waals surface area contributed by atoms with Crippen LogP contribution >= 0.6 is 12.4 Å². The molecule has 2 atom stereocenters. The third-order valence-electron chi connectivity index (χ3n) is 1.46. The second-order valence-corrected chi connectivity index (χ2v) is 2.17. The highest BCUT2D eigenvalue weighted by molar-refractivity contribution is 5.85. The average Bonchev–Trinajstić information content (AvgIpc) is 1.77. The minimum Gasteiger partial charge on any atom is -0.325 e. The van der Waals surface area contributed by atoms with E-state index in [0.717, 1.165) is 13.0 Å². The number of hydrogen-bond donors (Lipinski definition) is 2. The van der Waals surface area contributed by atoms with E-state index < -0.39 is 6.17 Å². The summed E-state index contributed by atoms with van der Waals surface area (Å²) in [5, 5.41) is 2.91. The van der Waals surface area contributed by atoms with Crippen molar-refractivity contribution >= 4 is 12.4 Å². The maximum absolute atomic E-state index is 12.4. The molecule has 0 saturated carbocycles. The first-order valence-electron chi connectivity index (χ1n) is 2.91. The Bertz CT molecular complexity index is 71.4. The van der Waals surface area contributed by atoms with E-state index in [4.69, 9.17) is 5.73 Å². The van der Waals surface area contributed by atoms with Gasteiger partial charge in [0.2, 0.25) is 0 Å². The number of hydrogen-bond acceptors (Lipinski definition) is 2. The van der Waals surface area contributed by atoms with E-state index in [1.807, 2.05) is 0 Å². The number of alkyl halides is 1. The van der Waals surface area contributed by atoms with E-state index in [-0.39, 0.29) is 18.4 Å². The van der Waals surface area contributed by atoms with Gasteiger partial charge in [-0.05, 0) is 13.0 Å². The fourth-order valence-corrected chi connectivity index (χ4v) is 0.841. The van der Waals surface area contributed by atoms with Gasteiger partial charge in [0.05, 0.1) is 0 Å². The lowest BCUT2D eigenvalue weighted by Crippen LogP contribution is -2.46. The Labute approximate surface area is 60.4 Å². The van der Waals surface area contributed by atoms with E-state index in [2.05, 4.69) is 5.32 Å². The van der Waals surface area contributed by atoms with Gasteiger partial charge < -0.3 is 11.1 Å². The predicted octanol–water partition coefficient (Wildman–Crippen LogP) is 0.0669. The number of nitrogens with two attached hydrogens (primary N) is 1. The first-order chi connectivity index (χ1) is 3.80. The summed E-state index contributed by atoms with van der Waals surface area (Å²) in [5.41, 5.74) is 5.36. The maximum Gasteiger partial charge on any atom is 0.128 e. The summed E-state index contributed by atoms with van der Waals surface area (Å²) in [7, 11) is 0. The van der Waals surface area contributed by atoms with Crippen molar-refractivity contribution < 1.29 is 4.39 Å². The van der Waals surface area contributed by atoms with Gasteiger partial charge in [-0.1, -0.05) is 0 Å². The van der Waals surface area contributed by atoms with Crippen molar-refractivity contribution in [3.05, 3.63) is 0 Å². The molecule has 0 amide bonds. The zero-order chi connectivity index (χ0) is 5.98. The molecule has 0 bridgehead atoms. The van der Waals surface area contributed by atoms with Crippen LogP contribution in [0, 0.1) is 0 Å². The van der Waals surface area contributed by atoms with Crippen LogP contribution in [0.15, 0.2) is 0 Å². The molecule has 1 heterocycles. The van der Waals surface area contributed by atoms with Gasteiger partial charge >= 0.3 is 0 Å². The fourth-order valence-electron chi connectivity index (χ4n) is 0.841. The molecule has 3 N–H and O–H groups in total. The summed E-state index contributed by atoms with van der Waals surface area (Å²) in [6.45, 7) is 1.29. The molecule has 0 aromatic rings. The van der Waals surface area contributed by atoms with Gasteiger partial charge in [0.15, 0.2) is 0 Å². The Morgan fingerprint density at radius 2 is 2.22 bits per heavy atom. The maximum atomic E-state index is 12.4. The molecule has 56 valence electrons. The van der Waals surface area contributed by atoms with Gasteiger partial charge in [-0.25, -0.2) is 4.39 Å². The quantitative estimate of drug-likeness (QED) is 0.518. The van der Waals surface area contributed by atoms with E-state index in [1.165, 1.54) is 0 Å². The molecule has 0 spiro atoms. The SMILES string of the molecule is Cl.N[C@H]1CCNC[C@@H]1F. The number of nitrogens with one attached hydrogen (secondary N) is 1. The van der Waals surface area contributed by atoms with Crippen LogP contribution in [0.25, 0.3) is 0 Å². The Balaban J connectivity index is 0.000000640. The second-order valence-electron chi connectivity index (χ2n) is 2.17. The van der Waals surface area contributed by atoms with E-state index in [1.54, 1.807) is 0 Å². The fraction of sp³-hybridized carbons (Fsp3) is 1.00. The average molecular weight is 155 g/mol. The van der Waals surface area contributed by atoms with Crippen LogP contribution in [0.2, 0.25) is 0 Å². The van der Waals surface area contributed by atoms with Gasteiger partial charge in [0.1, 0.15) is 6.17 Å². The summed E-state index contributed by atoms with van der Waals surface area (Å²) in [4.78, 5) is 0. The molecular formula is C5H12ClFN2. The molecule has 1 saturated heterocycles. The first kappa shape index (κ1) is 9.14. The number of rotatable bonds is 0. The van der Waals surface area contributed by atoms with Crippen LogP contribution in [-0.4, -0.2) is 25.3 Å². The molecule has 0 aromatic heterocycles. The topological polar surface area (TPSA) is 38.0 Å². The van der Waals surface area contributed by atoms with Crippen LogP contribution in [0.3, 0.4) is 0 Å². The molecule has 0 radical (unpaired) electrons. The summed E-state index contributed by atoms with van der Waals surface area (Å²) in [6, 6.07) is -0.226. The molecule has 0 unspecified atom stereocenters. The minimum absolute atomic E-state index is 0. The summed E-state index contributed by atoms with van der Waals surface area (Å²) in [5.74, 6) is 0. The van der Waals surface area contributed by atoms with Crippen molar-refractivity contribution in [3.8, 4) is 0 Å². The van der Waals surface area contributed by atoms with Gasteiger partial charge in [-0.3, -0.25) is 0 Å². The van der Waals surface area contributed by atoms with Crippen molar-refractivity contribution in [1.82, 2.24) is 5.32 Å². The van der Waals surface area contributed by atoms with E-state index in [0.29, 0.717) is 6.54 Å². The third-order valence-corrected chi connectivity index (χ3v) is 1.46. The molecule has 9 heavy (non-hydrogen) atoms. The van der Waals surface area contributed by atoms with Gasteiger partial charge in [0, 0.05) is 12.6 Å². The number of piperidine rings is 1. The predicted molar refractivity (Wildman–Crippen MR) is 37.6 cm³/mol. The van der Waals surface area contributed by atoms with Crippen LogP contribution in [0.4, 0.5) is 4.39 Å². The molecule has 4 heteroatoms. The highest BCUT2D eigenvalue weighted by atomic mass is 35.5. The Morgan fingerprint density at radius 3 is 2.56 bits per heavy atom. The third kappa shape index (κ3) is 2.47. The molecule has 1 fully saturated rings. The number of halogens is 2. The van der Waals surface area contributed by atoms with Crippen LogP contribution in [0.5, 0.6) is 0 Å². The molecule has 1 aliphatic rings. The Hall–Kier alpha value is 0.140. The lowest BCUT2D eigenvalue weighted by molar-refractivity contribution is 0.233. The summed E-state index contributed by atoms with van der Waals surface area (Å²) >= 11 is 0. The highest BCUT2D eigenvalue weighted by Crippen LogP contribution is 2.03. The minimum atomic E-state index is -0.830. The zero-order valence-electron chi connectivity index (χ0n) is 5.14. The van der Waals surface area contributed by atoms with Crippen molar-refractivity contribution in [2.24, 2.45) is 5.73 Å². The first-order valence-corrected chi connectivity index (χ1v) is 2.91. The highest BCUT2D eigenvalue weighted by Gasteiger charge is 2.19. The summed E-state index contributed by atoms with van der Waals surface area (Å²) in [6.07, 6.45) is -0.0648. The zero-order valence-corrected chi connectivity index (χ0v) is 5.96. The largest absolute Gasteiger partial charge is 0.325 e. The lowest BCUT2D eigenvalue weighted by Gasteiger charge is -2.22. The van der Waals surface area contributed by atoms with Crippen molar-refractivity contribution in [2.75, 3.05) is 13.1 Å².